The van der Waals surface area contributed by atoms with E-state index >= 15 is 0 Å². The number of pyridine rings is 1. The fourth-order valence-electron chi connectivity index (χ4n) is 5.65. The average Bonchev–Trinajstić information content (AvgIpc) is 3.53. The molecular weight excluding hydrogens is 771 g/mol. The number of carbonyl (C=O) groups excluding carboxylic acids is 6. The first-order chi connectivity index (χ1) is 25.9. The SMILES string of the molecule is CS(=O)(=O)N1CCN(C(=O)N[C@@H](C(=O)N[C@@H]2C(=O)N3C(C(=O)O)=C(C[n+]4ccc(C(N)=O)cc4)CS[C@@H]23)c2ccc(NC(=O)OC[C@@H](N)C(=O)O)cc2)C1=O. The summed E-state index contributed by atoms with van der Waals surface area (Å²) in [6, 6.07) is 1.46. The van der Waals surface area contributed by atoms with Crippen LogP contribution in [0.4, 0.5) is 20.1 Å². The van der Waals surface area contributed by atoms with Gasteiger partial charge in [-0.15, -0.1) is 11.8 Å². The molecule has 0 saturated carbocycles. The number of nitrogens with one attached hydrogen (secondary N) is 3. The van der Waals surface area contributed by atoms with Crippen molar-refractivity contribution in [2.24, 2.45) is 11.5 Å². The first kappa shape index (κ1) is 39.9. The largest absolute Gasteiger partial charge is 0.480 e. The number of carbonyl (C=O) groups is 8. The molecule has 55 heavy (non-hydrogen) atoms. The molecule has 1 aromatic carbocycles. The Kier molecular flexibility index (Phi) is 11.6. The Bertz CT molecular complexity index is 2100. The number of amides is 8. The predicted octanol–water partition coefficient (Wildman–Crippen LogP) is -2.08. The van der Waals surface area contributed by atoms with E-state index in [0.29, 0.717) is 14.8 Å². The van der Waals surface area contributed by atoms with Crippen molar-refractivity contribution >= 4 is 75.3 Å². The molecule has 3 aliphatic rings. The van der Waals surface area contributed by atoms with Crippen molar-refractivity contribution < 1.29 is 66.3 Å². The number of aromatic nitrogens is 1. The number of hydrogen-bond donors (Lipinski definition) is 7. The van der Waals surface area contributed by atoms with Crippen LogP contribution in [-0.4, -0.2) is 130 Å². The van der Waals surface area contributed by atoms with Gasteiger partial charge >= 0.3 is 30.1 Å². The molecule has 2 fully saturated rings. The zero-order chi connectivity index (χ0) is 40.4. The molecule has 0 unspecified atom stereocenters. The summed E-state index contributed by atoms with van der Waals surface area (Å²) in [5.74, 6) is -5.02. The van der Waals surface area contributed by atoms with Crippen molar-refractivity contribution in [3.05, 3.63) is 71.2 Å². The molecule has 8 amide bonds. The Morgan fingerprint density at radius 1 is 1.04 bits per heavy atom. The van der Waals surface area contributed by atoms with Crippen LogP contribution in [0.25, 0.3) is 0 Å². The molecule has 2 aromatic rings. The van der Waals surface area contributed by atoms with Crippen LogP contribution < -0.4 is 32.0 Å². The van der Waals surface area contributed by atoms with Crippen molar-refractivity contribution in [1.82, 2.24) is 24.7 Å². The highest BCUT2D eigenvalue weighted by Gasteiger charge is 2.55. The minimum atomic E-state index is -4.02. The molecule has 292 valence electrons. The summed E-state index contributed by atoms with van der Waals surface area (Å²) in [6.07, 6.45) is 2.79. The lowest BCUT2D eigenvalue weighted by atomic mass is 10.0. The maximum absolute atomic E-state index is 13.9. The Morgan fingerprint density at radius 3 is 2.25 bits per heavy atom. The van der Waals surface area contributed by atoms with Gasteiger partial charge in [-0.3, -0.25) is 29.4 Å². The third-order valence-electron chi connectivity index (χ3n) is 8.44. The maximum atomic E-state index is 13.9. The number of carboxylic acid groups (broad SMARTS) is 2. The zero-order valence-corrected chi connectivity index (χ0v) is 30.2. The molecule has 5 rings (SSSR count). The van der Waals surface area contributed by atoms with Crippen molar-refractivity contribution in [2.75, 3.05) is 37.0 Å². The van der Waals surface area contributed by atoms with Crippen molar-refractivity contribution in [2.45, 2.75) is 30.0 Å². The normalized spacial score (nSPS) is 19.1. The number of aliphatic carboxylic acids is 2. The number of benzene rings is 1. The van der Waals surface area contributed by atoms with Gasteiger partial charge in [0.1, 0.15) is 35.8 Å². The number of hydrogen-bond acceptors (Lipinski definition) is 13. The Labute approximate surface area is 315 Å². The van der Waals surface area contributed by atoms with Crippen LogP contribution >= 0.6 is 11.8 Å². The van der Waals surface area contributed by atoms with E-state index in [0.717, 1.165) is 11.2 Å². The number of β-lactam (4-membered cyclic amide) rings is 1. The maximum Gasteiger partial charge on any atom is 0.411 e. The number of fused-ring (bicyclic) bond motifs is 1. The Hall–Kier alpha value is -6.27. The molecule has 0 aliphatic carbocycles. The minimum Gasteiger partial charge on any atom is -0.480 e. The molecule has 9 N–H and O–H groups in total. The van der Waals surface area contributed by atoms with E-state index in [4.69, 9.17) is 21.3 Å². The fourth-order valence-corrected chi connectivity index (χ4v) is 7.78. The van der Waals surface area contributed by atoms with Crippen LogP contribution in [0.1, 0.15) is 22.0 Å². The van der Waals surface area contributed by atoms with Crippen molar-refractivity contribution in [1.29, 1.82) is 0 Å². The summed E-state index contributed by atoms with van der Waals surface area (Å²) >= 11 is 1.17. The molecule has 0 radical (unpaired) electrons. The Morgan fingerprint density at radius 2 is 1.69 bits per heavy atom. The van der Waals surface area contributed by atoms with Gasteiger partial charge in [0.25, 0.3) is 5.91 Å². The van der Waals surface area contributed by atoms with Crippen LogP contribution in [0.5, 0.6) is 0 Å². The van der Waals surface area contributed by atoms with Gasteiger partial charge in [-0.1, -0.05) is 12.1 Å². The lowest BCUT2D eigenvalue weighted by Gasteiger charge is -2.49. The first-order valence-corrected chi connectivity index (χ1v) is 18.9. The molecule has 0 bridgehead atoms. The van der Waals surface area contributed by atoms with E-state index in [1.807, 2.05) is 0 Å². The highest BCUT2D eigenvalue weighted by Crippen LogP contribution is 2.40. The number of urea groups is 2. The van der Waals surface area contributed by atoms with Crippen LogP contribution in [0.2, 0.25) is 0 Å². The average molecular weight is 805 g/mol. The molecule has 24 heteroatoms. The fraction of sp³-hybridized carbons (Fsp3) is 0.323. The van der Waals surface area contributed by atoms with Gasteiger partial charge in [0, 0.05) is 29.1 Å². The molecule has 4 atom stereocenters. The second-order valence-corrected chi connectivity index (χ2v) is 15.2. The van der Waals surface area contributed by atoms with Crippen molar-refractivity contribution in [3.8, 4) is 0 Å². The summed E-state index contributed by atoms with van der Waals surface area (Å²) in [5, 5.41) is 25.3. The predicted molar refractivity (Wildman–Crippen MR) is 187 cm³/mol. The summed E-state index contributed by atoms with van der Waals surface area (Å²) in [5.41, 5.74) is 11.1. The number of primary amides is 1. The number of carboxylic acids is 2. The first-order valence-electron chi connectivity index (χ1n) is 16.0. The van der Waals surface area contributed by atoms with Crippen LogP contribution in [0.15, 0.2) is 60.1 Å². The van der Waals surface area contributed by atoms with Crippen LogP contribution in [0, 0.1) is 0 Å². The van der Waals surface area contributed by atoms with E-state index in [9.17, 15) is 51.9 Å². The third-order valence-corrected chi connectivity index (χ3v) is 10.9. The quantitative estimate of drug-likeness (QED) is 0.0844. The van der Waals surface area contributed by atoms with E-state index in [1.165, 1.54) is 60.6 Å². The highest BCUT2D eigenvalue weighted by atomic mass is 32.2. The minimum absolute atomic E-state index is 0.0553. The van der Waals surface area contributed by atoms with Crippen LogP contribution in [-0.2, 0) is 40.5 Å². The smallest absolute Gasteiger partial charge is 0.411 e. The molecule has 4 heterocycles. The van der Waals surface area contributed by atoms with E-state index in [2.05, 4.69) is 16.0 Å². The van der Waals surface area contributed by atoms with Gasteiger partial charge in [-0.2, -0.15) is 0 Å². The Balaban J connectivity index is 1.34. The van der Waals surface area contributed by atoms with Gasteiger partial charge < -0.3 is 37.1 Å². The number of anilines is 1. The van der Waals surface area contributed by atoms with Gasteiger partial charge in [0.05, 0.1) is 24.9 Å². The second-order valence-electron chi connectivity index (χ2n) is 12.2. The lowest BCUT2D eigenvalue weighted by Crippen LogP contribution is -2.71. The summed E-state index contributed by atoms with van der Waals surface area (Å²) < 4.78 is 30.9. The lowest BCUT2D eigenvalue weighted by molar-refractivity contribution is -0.689. The topological polar surface area (TPSA) is 322 Å². The van der Waals surface area contributed by atoms with Crippen molar-refractivity contribution in [3.63, 3.8) is 0 Å². The van der Waals surface area contributed by atoms with Gasteiger partial charge in [-0.05, 0) is 17.7 Å². The number of rotatable bonds is 13. The summed E-state index contributed by atoms with van der Waals surface area (Å²) in [7, 11) is -4.02. The summed E-state index contributed by atoms with van der Waals surface area (Å²) in [6.45, 7) is -1.25. The number of sulfonamides is 1. The number of imide groups is 1. The van der Waals surface area contributed by atoms with Gasteiger partial charge in [0.2, 0.25) is 21.8 Å². The van der Waals surface area contributed by atoms with E-state index in [1.54, 1.807) is 4.57 Å². The molecule has 1 aromatic heterocycles. The standard InChI is InChI=1S/C31H33N9O13S2/c1-55(51,52)39-11-10-38(31(39)50)29(48)36-20(15-2-4-18(5-3-15)34-30(49)53-13-19(32)27(44)45)24(42)35-21-25(43)40-22(28(46)47)17(14-54-26(21)40)12-37-8-6-16(7-9-37)23(33)41/h2-9,19-21,26H,10-14,32H2,1H3,(H6-,33,34,35,36,41,42,44,45,46,47,48,49)/p+1/t19-,20-,21-,26+/m1/s1. The second kappa shape index (κ2) is 16.0. The van der Waals surface area contributed by atoms with E-state index < -0.39 is 87.9 Å². The highest BCUT2D eigenvalue weighted by molar-refractivity contribution is 8.00. The number of nitrogens with zero attached hydrogens (tertiary/aromatic N) is 4. The molecule has 0 spiro atoms. The number of nitrogens with two attached hydrogens (primary N) is 2. The third kappa shape index (κ3) is 8.76. The monoisotopic (exact) mass is 804 g/mol. The van der Waals surface area contributed by atoms with Gasteiger partial charge in [0.15, 0.2) is 18.9 Å². The molecule has 2 saturated heterocycles. The zero-order valence-electron chi connectivity index (χ0n) is 28.6. The number of ether oxygens (including phenoxy) is 1. The van der Waals surface area contributed by atoms with Crippen LogP contribution in [0.3, 0.4) is 0 Å². The number of thioether (sulfide) groups is 1. The van der Waals surface area contributed by atoms with E-state index in [-0.39, 0.29) is 47.9 Å². The molecular formula is C31H34N9O13S2+. The molecule has 3 aliphatic heterocycles. The summed E-state index contributed by atoms with van der Waals surface area (Å²) in [4.78, 5) is 102. The molecule has 22 nitrogen and oxygen atoms in total. The van der Waals surface area contributed by atoms with Gasteiger partial charge in [-0.25, -0.2) is 41.4 Å².